The van der Waals surface area contributed by atoms with Crippen LogP contribution in [-0.2, 0) is 0 Å². The summed E-state index contributed by atoms with van der Waals surface area (Å²) in [5, 5.41) is 12.0. The maximum absolute atomic E-state index is 12.5. The summed E-state index contributed by atoms with van der Waals surface area (Å²) in [5.74, 6) is -0.130. The Balaban J connectivity index is 1.75. The van der Waals surface area contributed by atoms with Crippen molar-refractivity contribution in [2.45, 2.75) is 51.5 Å². The minimum atomic E-state index is -0.130. The molecule has 23 heavy (non-hydrogen) atoms. The molecule has 1 aromatic heterocycles. The first kappa shape index (κ1) is 16.0. The monoisotopic (exact) mass is 332 g/mol. The smallest absolute Gasteiger partial charge is 0.273 e. The van der Waals surface area contributed by atoms with E-state index in [-0.39, 0.29) is 11.9 Å². The molecule has 0 spiro atoms. The third-order valence-corrected chi connectivity index (χ3v) is 4.62. The molecule has 1 aliphatic rings. The Morgan fingerprint density at radius 2 is 1.83 bits per heavy atom. The lowest BCUT2D eigenvalue weighted by atomic mass is 10.1. The molecule has 1 amide bonds. The molecule has 0 aliphatic heterocycles. The number of benzene rings is 1. The van der Waals surface area contributed by atoms with Gasteiger partial charge in [-0.1, -0.05) is 42.5 Å². The van der Waals surface area contributed by atoms with E-state index in [0.29, 0.717) is 10.7 Å². The van der Waals surface area contributed by atoms with Crippen LogP contribution in [-0.4, -0.2) is 26.9 Å². The number of hydrogen-bond acceptors (Lipinski definition) is 3. The van der Waals surface area contributed by atoms with E-state index in [0.717, 1.165) is 24.2 Å². The maximum Gasteiger partial charge on any atom is 0.273 e. The van der Waals surface area contributed by atoms with Crippen molar-refractivity contribution in [3.63, 3.8) is 0 Å². The van der Waals surface area contributed by atoms with Gasteiger partial charge in [-0.2, -0.15) is 0 Å². The van der Waals surface area contributed by atoms with Gasteiger partial charge in [0, 0.05) is 11.1 Å². The molecular weight excluding hydrogens is 312 g/mol. The van der Waals surface area contributed by atoms with Crippen molar-refractivity contribution in [3.8, 4) is 5.69 Å². The number of amides is 1. The molecule has 3 rings (SSSR count). The highest BCUT2D eigenvalue weighted by Crippen LogP contribution is 2.19. The van der Waals surface area contributed by atoms with Crippen LogP contribution in [0.15, 0.2) is 24.3 Å². The minimum absolute atomic E-state index is 0.130. The summed E-state index contributed by atoms with van der Waals surface area (Å²) in [5.41, 5.74) is 1.97. The molecule has 0 saturated heterocycles. The van der Waals surface area contributed by atoms with E-state index in [2.05, 4.69) is 15.6 Å². The zero-order valence-corrected chi connectivity index (χ0v) is 14.0. The van der Waals surface area contributed by atoms with Crippen LogP contribution in [0.3, 0.4) is 0 Å². The van der Waals surface area contributed by atoms with Crippen LogP contribution in [0.25, 0.3) is 5.69 Å². The Kier molecular flexibility index (Phi) is 4.96. The number of nitrogens with zero attached hydrogens (tertiary/aromatic N) is 3. The number of nitrogens with one attached hydrogen (secondary N) is 1. The minimum Gasteiger partial charge on any atom is -0.348 e. The molecule has 6 heteroatoms. The van der Waals surface area contributed by atoms with Crippen molar-refractivity contribution in [2.24, 2.45) is 0 Å². The van der Waals surface area contributed by atoms with Crippen molar-refractivity contribution in [2.75, 3.05) is 0 Å². The van der Waals surface area contributed by atoms with E-state index < -0.39 is 0 Å². The van der Waals surface area contributed by atoms with E-state index in [1.165, 1.54) is 25.7 Å². The molecule has 1 saturated carbocycles. The van der Waals surface area contributed by atoms with Gasteiger partial charge < -0.3 is 5.32 Å². The Bertz CT molecular complexity index is 672. The molecule has 1 N–H and O–H groups in total. The molecule has 1 fully saturated rings. The van der Waals surface area contributed by atoms with Crippen molar-refractivity contribution in [1.29, 1.82) is 0 Å². The molecule has 0 radical (unpaired) electrons. The molecule has 5 nitrogen and oxygen atoms in total. The van der Waals surface area contributed by atoms with Crippen LogP contribution >= 0.6 is 11.6 Å². The zero-order chi connectivity index (χ0) is 16.2. The maximum atomic E-state index is 12.5. The highest BCUT2D eigenvalue weighted by atomic mass is 35.5. The summed E-state index contributed by atoms with van der Waals surface area (Å²) >= 11 is 5.91. The SMILES string of the molecule is Cc1c(C(=O)NC2CCCCCC2)nnn1-c1ccc(Cl)cc1. The Morgan fingerprint density at radius 3 is 2.48 bits per heavy atom. The summed E-state index contributed by atoms with van der Waals surface area (Å²) in [6, 6.07) is 7.56. The average molecular weight is 333 g/mol. The van der Waals surface area contributed by atoms with Crippen molar-refractivity contribution < 1.29 is 4.79 Å². The fourth-order valence-electron chi connectivity index (χ4n) is 3.04. The number of carbonyl (C=O) groups excluding carboxylic acids is 1. The van der Waals surface area contributed by atoms with Crippen LogP contribution in [0.5, 0.6) is 0 Å². The Hall–Kier alpha value is -1.88. The van der Waals surface area contributed by atoms with Gasteiger partial charge in [-0.15, -0.1) is 5.10 Å². The number of rotatable bonds is 3. The Morgan fingerprint density at radius 1 is 1.17 bits per heavy atom. The highest BCUT2D eigenvalue weighted by molar-refractivity contribution is 6.30. The van der Waals surface area contributed by atoms with Gasteiger partial charge in [0.2, 0.25) is 0 Å². The van der Waals surface area contributed by atoms with E-state index >= 15 is 0 Å². The Labute approximate surface area is 141 Å². The van der Waals surface area contributed by atoms with E-state index in [4.69, 9.17) is 11.6 Å². The molecule has 0 bridgehead atoms. The van der Waals surface area contributed by atoms with E-state index in [9.17, 15) is 4.79 Å². The quantitative estimate of drug-likeness (QED) is 0.872. The number of halogens is 1. The molecule has 1 heterocycles. The van der Waals surface area contributed by atoms with Crippen molar-refractivity contribution in [1.82, 2.24) is 20.3 Å². The normalized spacial score (nSPS) is 16.1. The van der Waals surface area contributed by atoms with Gasteiger partial charge in [0.15, 0.2) is 5.69 Å². The second-order valence-corrected chi connectivity index (χ2v) is 6.51. The largest absolute Gasteiger partial charge is 0.348 e. The molecule has 1 aliphatic carbocycles. The first-order valence-electron chi connectivity index (χ1n) is 8.14. The van der Waals surface area contributed by atoms with Gasteiger partial charge in [-0.25, -0.2) is 4.68 Å². The fraction of sp³-hybridized carbons (Fsp3) is 0.471. The summed E-state index contributed by atoms with van der Waals surface area (Å²) < 4.78 is 1.67. The first-order chi connectivity index (χ1) is 11.1. The molecule has 1 aromatic carbocycles. The van der Waals surface area contributed by atoms with Gasteiger partial charge in [-0.3, -0.25) is 4.79 Å². The fourth-order valence-corrected chi connectivity index (χ4v) is 3.17. The predicted octanol–water partition coefficient (Wildman–Crippen LogP) is 3.68. The summed E-state index contributed by atoms with van der Waals surface area (Å²) in [7, 11) is 0. The molecule has 0 atom stereocenters. The number of carbonyl (C=O) groups is 1. The lowest BCUT2D eigenvalue weighted by Crippen LogP contribution is -2.35. The predicted molar refractivity (Wildman–Crippen MR) is 90.1 cm³/mol. The van der Waals surface area contributed by atoms with Gasteiger partial charge in [0.1, 0.15) is 0 Å². The molecule has 0 unspecified atom stereocenters. The van der Waals surface area contributed by atoms with Gasteiger partial charge in [-0.05, 0) is 44.0 Å². The average Bonchev–Trinajstić information content (AvgIpc) is 2.75. The van der Waals surface area contributed by atoms with Crippen molar-refractivity contribution >= 4 is 17.5 Å². The van der Waals surface area contributed by atoms with E-state index in [1.54, 1.807) is 16.8 Å². The molecular formula is C17H21ClN4O. The first-order valence-corrected chi connectivity index (χ1v) is 8.52. The lowest BCUT2D eigenvalue weighted by molar-refractivity contribution is 0.0927. The summed E-state index contributed by atoms with van der Waals surface area (Å²) in [4.78, 5) is 12.5. The van der Waals surface area contributed by atoms with Crippen LogP contribution in [0.4, 0.5) is 0 Å². The van der Waals surface area contributed by atoms with Crippen LogP contribution in [0, 0.1) is 6.92 Å². The third-order valence-electron chi connectivity index (χ3n) is 4.37. The standard InChI is InChI=1S/C17H21ClN4O/c1-12-16(17(23)19-14-6-4-2-3-5-7-14)20-21-22(12)15-10-8-13(18)9-11-15/h8-11,14H,2-7H2,1H3,(H,19,23). The number of hydrogen-bond donors (Lipinski definition) is 1. The van der Waals surface area contributed by atoms with Gasteiger partial charge >= 0.3 is 0 Å². The van der Waals surface area contributed by atoms with Crippen molar-refractivity contribution in [3.05, 3.63) is 40.7 Å². The van der Waals surface area contributed by atoms with E-state index in [1.807, 2.05) is 19.1 Å². The van der Waals surface area contributed by atoms with Crippen LogP contribution in [0.2, 0.25) is 5.02 Å². The summed E-state index contributed by atoms with van der Waals surface area (Å²) in [6.45, 7) is 1.86. The number of aromatic nitrogens is 3. The third kappa shape index (κ3) is 3.72. The second-order valence-electron chi connectivity index (χ2n) is 6.07. The lowest BCUT2D eigenvalue weighted by Gasteiger charge is -2.15. The second kappa shape index (κ2) is 7.13. The zero-order valence-electron chi connectivity index (χ0n) is 13.3. The molecule has 122 valence electrons. The van der Waals surface area contributed by atoms with Crippen LogP contribution in [0.1, 0.15) is 54.7 Å². The van der Waals surface area contributed by atoms with Gasteiger partial charge in [0.25, 0.3) is 5.91 Å². The van der Waals surface area contributed by atoms with Crippen LogP contribution < -0.4 is 5.32 Å². The van der Waals surface area contributed by atoms with Gasteiger partial charge in [0.05, 0.1) is 11.4 Å². The topological polar surface area (TPSA) is 59.8 Å². The summed E-state index contributed by atoms with van der Waals surface area (Å²) in [6.07, 6.45) is 6.99. The highest BCUT2D eigenvalue weighted by Gasteiger charge is 2.21. The molecule has 2 aromatic rings.